The molecule has 1 fully saturated rings. The molecular weight excluding hydrogens is 463 g/mol. The fourth-order valence-corrected chi connectivity index (χ4v) is 3.97. The van der Waals surface area contributed by atoms with Gasteiger partial charge in [0, 0.05) is 68.5 Å². The molecule has 7 nitrogen and oxygen atoms in total. The first kappa shape index (κ1) is 25.4. The molecule has 3 heterocycles. The first-order chi connectivity index (χ1) is 14.1. The number of ether oxygens (including phenoxy) is 2. The average Bonchev–Trinajstić information content (AvgIpc) is 3.17. The van der Waals surface area contributed by atoms with E-state index in [1.54, 1.807) is 20.3 Å². The predicted molar refractivity (Wildman–Crippen MR) is 129 cm³/mol. The number of aliphatic hydroxyl groups excluding tert-OH is 1. The van der Waals surface area contributed by atoms with Crippen LogP contribution in [0.5, 0.6) is 11.5 Å². The van der Waals surface area contributed by atoms with Crippen molar-refractivity contribution in [2.24, 2.45) is 0 Å². The van der Waals surface area contributed by atoms with E-state index in [1.807, 2.05) is 22.9 Å². The highest BCUT2D eigenvalue weighted by molar-refractivity contribution is 6.32. The molecule has 1 aromatic carbocycles. The molecule has 0 amide bonds. The number of hydrogen-bond acceptors (Lipinski definition) is 6. The smallest absolute Gasteiger partial charge is 0.141 e. The second kappa shape index (κ2) is 11.1. The number of hydrogen-bond donors (Lipinski definition) is 1. The topological polar surface area (TPSA) is 62.5 Å². The van der Waals surface area contributed by atoms with Gasteiger partial charge in [-0.2, -0.15) is 0 Å². The van der Waals surface area contributed by atoms with Gasteiger partial charge in [0.05, 0.1) is 31.5 Å². The van der Waals surface area contributed by atoms with E-state index in [0.29, 0.717) is 16.5 Å². The van der Waals surface area contributed by atoms with Crippen molar-refractivity contribution >= 4 is 47.7 Å². The third-order valence-corrected chi connectivity index (χ3v) is 5.64. The molecule has 0 saturated carbocycles. The fourth-order valence-electron chi connectivity index (χ4n) is 3.73. The lowest BCUT2D eigenvalue weighted by atomic mass is 10.1. The minimum Gasteiger partial charge on any atom is -0.496 e. The van der Waals surface area contributed by atoms with Crippen molar-refractivity contribution < 1.29 is 14.6 Å². The molecule has 31 heavy (non-hydrogen) atoms. The van der Waals surface area contributed by atoms with E-state index in [0.717, 1.165) is 55.3 Å². The summed E-state index contributed by atoms with van der Waals surface area (Å²) in [5, 5.41) is 9.62. The zero-order valence-corrected chi connectivity index (χ0v) is 19.8. The number of β-amino-alcohol motifs (C(OH)–C–C–N with tert-alkyl or cyclic N) is 1. The number of aliphatic hydroxyl groups is 1. The number of methoxy groups -OCH3 is 2. The van der Waals surface area contributed by atoms with Crippen molar-refractivity contribution in [3.05, 3.63) is 41.7 Å². The van der Waals surface area contributed by atoms with Crippen LogP contribution >= 0.6 is 36.4 Å². The number of benzene rings is 1. The van der Waals surface area contributed by atoms with Gasteiger partial charge in [0.25, 0.3) is 0 Å². The maximum Gasteiger partial charge on any atom is 0.141 e. The van der Waals surface area contributed by atoms with Gasteiger partial charge in [-0.25, -0.2) is 4.98 Å². The number of rotatable bonds is 6. The number of aromatic nitrogens is 2. The van der Waals surface area contributed by atoms with E-state index in [-0.39, 0.29) is 31.4 Å². The van der Waals surface area contributed by atoms with Crippen LogP contribution in [0.15, 0.2) is 36.7 Å². The van der Waals surface area contributed by atoms with Crippen LogP contribution in [-0.2, 0) is 0 Å². The van der Waals surface area contributed by atoms with E-state index < -0.39 is 0 Å². The SMILES string of the molecule is COc1cc(OC)c(-c2cn3ccc(N4CCN(CCO)CC4)cc3n2)cc1Cl.Cl.Cl. The van der Waals surface area contributed by atoms with Crippen LogP contribution in [0.1, 0.15) is 0 Å². The Morgan fingerprint density at radius 1 is 1.03 bits per heavy atom. The molecule has 0 aliphatic carbocycles. The number of pyridine rings is 1. The van der Waals surface area contributed by atoms with E-state index in [9.17, 15) is 0 Å². The molecule has 2 aromatic heterocycles. The van der Waals surface area contributed by atoms with Gasteiger partial charge in [-0.05, 0) is 12.1 Å². The Morgan fingerprint density at radius 2 is 1.74 bits per heavy atom. The molecule has 0 atom stereocenters. The maximum absolute atomic E-state index is 9.11. The Bertz CT molecular complexity index is 1010. The summed E-state index contributed by atoms with van der Waals surface area (Å²) in [4.78, 5) is 9.44. The Balaban J connectivity index is 0.00000171. The van der Waals surface area contributed by atoms with Crippen molar-refractivity contribution in [3.63, 3.8) is 0 Å². The summed E-state index contributed by atoms with van der Waals surface area (Å²) in [6.07, 6.45) is 4.00. The molecule has 170 valence electrons. The van der Waals surface area contributed by atoms with Gasteiger partial charge in [-0.15, -0.1) is 24.8 Å². The van der Waals surface area contributed by atoms with Gasteiger partial charge < -0.3 is 23.9 Å². The zero-order valence-electron chi connectivity index (χ0n) is 17.5. The van der Waals surface area contributed by atoms with Gasteiger partial charge in [0.2, 0.25) is 0 Å². The third-order valence-electron chi connectivity index (χ3n) is 5.35. The van der Waals surface area contributed by atoms with E-state index in [2.05, 4.69) is 21.9 Å². The van der Waals surface area contributed by atoms with Gasteiger partial charge in [-0.1, -0.05) is 11.6 Å². The van der Waals surface area contributed by atoms with Crippen LogP contribution in [0, 0.1) is 0 Å². The summed E-state index contributed by atoms with van der Waals surface area (Å²) in [5.41, 5.74) is 3.62. The van der Waals surface area contributed by atoms with Crippen molar-refractivity contribution in [2.45, 2.75) is 0 Å². The van der Waals surface area contributed by atoms with Gasteiger partial charge in [-0.3, -0.25) is 4.90 Å². The summed E-state index contributed by atoms with van der Waals surface area (Å²) < 4.78 is 12.8. The first-order valence-corrected chi connectivity index (χ1v) is 9.99. The number of nitrogens with zero attached hydrogens (tertiary/aromatic N) is 4. The summed E-state index contributed by atoms with van der Waals surface area (Å²) in [5.74, 6) is 1.23. The standard InChI is InChI=1S/C21H25ClN4O3.2ClH/c1-28-19-13-20(29-2)17(22)12-16(19)18-14-26-4-3-15(11-21(26)23-18)25-7-5-24(6-8-25)9-10-27;;/h3-4,11-14,27H,5-10H2,1-2H3;2*1H. The van der Waals surface area contributed by atoms with Crippen molar-refractivity contribution in [2.75, 3.05) is 58.5 Å². The van der Waals surface area contributed by atoms with E-state index in [1.165, 1.54) is 0 Å². The molecule has 1 saturated heterocycles. The molecule has 1 aliphatic heterocycles. The molecule has 10 heteroatoms. The molecule has 4 rings (SSSR count). The first-order valence-electron chi connectivity index (χ1n) is 9.61. The van der Waals surface area contributed by atoms with Crippen LogP contribution < -0.4 is 14.4 Å². The number of piperazine rings is 1. The Hall–Kier alpha value is -1.90. The minimum absolute atomic E-state index is 0. The molecule has 1 N–H and O–H groups in total. The second-order valence-corrected chi connectivity index (χ2v) is 7.42. The van der Waals surface area contributed by atoms with Crippen LogP contribution in [0.4, 0.5) is 5.69 Å². The highest BCUT2D eigenvalue weighted by Gasteiger charge is 2.18. The summed E-state index contributed by atoms with van der Waals surface area (Å²) in [6, 6.07) is 7.81. The van der Waals surface area contributed by atoms with Crippen LogP contribution in [0.3, 0.4) is 0 Å². The van der Waals surface area contributed by atoms with Crippen LogP contribution in [-0.4, -0.2) is 72.9 Å². The normalized spacial score (nSPS) is 14.1. The lowest BCUT2D eigenvalue weighted by molar-refractivity contribution is 0.189. The molecule has 0 radical (unpaired) electrons. The molecule has 0 spiro atoms. The van der Waals surface area contributed by atoms with Crippen molar-refractivity contribution in [1.82, 2.24) is 14.3 Å². The zero-order chi connectivity index (χ0) is 20.4. The van der Waals surface area contributed by atoms with E-state index in [4.69, 9.17) is 31.2 Å². The monoisotopic (exact) mass is 488 g/mol. The number of anilines is 1. The molecule has 0 bridgehead atoms. The average molecular weight is 490 g/mol. The lowest BCUT2D eigenvalue weighted by Crippen LogP contribution is -2.47. The van der Waals surface area contributed by atoms with Crippen molar-refractivity contribution in [1.29, 1.82) is 0 Å². The molecule has 3 aromatic rings. The minimum atomic E-state index is 0. The number of halogens is 3. The fraction of sp³-hybridized carbons (Fsp3) is 0.381. The number of fused-ring (bicyclic) bond motifs is 1. The summed E-state index contributed by atoms with van der Waals surface area (Å²) in [6.45, 7) is 4.72. The molecular formula is C21H27Cl3N4O3. The van der Waals surface area contributed by atoms with E-state index >= 15 is 0 Å². The highest BCUT2D eigenvalue weighted by Crippen LogP contribution is 2.38. The quantitative estimate of drug-likeness (QED) is 0.570. The van der Waals surface area contributed by atoms with Crippen LogP contribution in [0.25, 0.3) is 16.9 Å². The molecule has 1 aliphatic rings. The lowest BCUT2D eigenvalue weighted by Gasteiger charge is -2.35. The summed E-state index contributed by atoms with van der Waals surface area (Å²) >= 11 is 6.33. The third kappa shape index (κ3) is 5.30. The maximum atomic E-state index is 9.11. The Labute approximate surface area is 199 Å². The Kier molecular flexibility index (Phi) is 9.09. The predicted octanol–water partition coefficient (Wildman–Crippen LogP) is 3.63. The highest BCUT2D eigenvalue weighted by atomic mass is 35.5. The summed E-state index contributed by atoms with van der Waals surface area (Å²) in [7, 11) is 3.20. The number of imidazole rings is 1. The molecule has 0 unspecified atom stereocenters. The van der Waals surface area contributed by atoms with Gasteiger partial charge in [0.1, 0.15) is 17.1 Å². The second-order valence-electron chi connectivity index (χ2n) is 7.02. The van der Waals surface area contributed by atoms with Crippen LogP contribution in [0.2, 0.25) is 5.02 Å². The van der Waals surface area contributed by atoms with Gasteiger partial charge in [0.15, 0.2) is 0 Å². The Morgan fingerprint density at radius 3 is 2.39 bits per heavy atom. The van der Waals surface area contributed by atoms with Gasteiger partial charge >= 0.3 is 0 Å². The van der Waals surface area contributed by atoms with Crippen molar-refractivity contribution in [3.8, 4) is 22.8 Å². The largest absolute Gasteiger partial charge is 0.496 e.